The SMILES string of the molecule is O=C(CN1C(=O)CCC1=O)N1CC(Oc2ccccc2-c2nc(-c3ccccc3)no2)C1. The van der Waals surface area contributed by atoms with Gasteiger partial charge in [0.2, 0.25) is 23.5 Å². The summed E-state index contributed by atoms with van der Waals surface area (Å²) in [5.41, 5.74) is 1.52. The lowest BCUT2D eigenvalue weighted by molar-refractivity contribution is -0.149. The predicted molar refractivity (Wildman–Crippen MR) is 112 cm³/mol. The lowest BCUT2D eigenvalue weighted by atomic mass is 10.1. The van der Waals surface area contributed by atoms with Gasteiger partial charge in [-0.15, -0.1) is 0 Å². The molecule has 5 rings (SSSR count). The van der Waals surface area contributed by atoms with E-state index in [0.717, 1.165) is 10.5 Å². The Labute approximate surface area is 183 Å². The molecule has 0 aliphatic carbocycles. The molecule has 1 aromatic heterocycles. The van der Waals surface area contributed by atoms with Crippen molar-refractivity contribution in [3.63, 3.8) is 0 Å². The number of nitrogens with zero attached hydrogens (tertiary/aromatic N) is 4. The molecule has 0 N–H and O–H groups in total. The normalized spacial score (nSPS) is 16.4. The van der Waals surface area contributed by atoms with Crippen molar-refractivity contribution in [2.75, 3.05) is 19.6 Å². The summed E-state index contributed by atoms with van der Waals surface area (Å²) >= 11 is 0. The number of ether oxygens (including phenoxy) is 1. The van der Waals surface area contributed by atoms with Crippen molar-refractivity contribution >= 4 is 17.7 Å². The average molecular weight is 432 g/mol. The summed E-state index contributed by atoms with van der Waals surface area (Å²) in [4.78, 5) is 42.9. The van der Waals surface area contributed by atoms with E-state index >= 15 is 0 Å². The zero-order chi connectivity index (χ0) is 22.1. The van der Waals surface area contributed by atoms with E-state index in [1.807, 2.05) is 54.6 Å². The van der Waals surface area contributed by atoms with Crippen LogP contribution >= 0.6 is 0 Å². The molecule has 2 fully saturated rings. The van der Waals surface area contributed by atoms with Crippen LogP contribution in [0.2, 0.25) is 0 Å². The molecular weight excluding hydrogens is 412 g/mol. The number of carbonyl (C=O) groups excluding carboxylic acids is 3. The van der Waals surface area contributed by atoms with Crippen LogP contribution in [0.3, 0.4) is 0 Å². The van der Waals surface area contributed by atoms with Crippen LogP contribution in [0.1, 0.15) is 12.8 Å². The van der Waals surface area contributed by atoms with E-state index in [4.69, 9.17) is 9.26 Å². The number of carbonyl (C=O) groups is 3. The van der Waals surface area contributed by atoms with E-state index in [0.29, 0.717) is 36.1 Å². The van der Waals surface area contributed by atoms with Crippen LogP contribution in [-0.4, -0.2) is 63.4 Å². The molecule has 2 aromatic carbocycles. The largest absolute Gasteiger partial charge is 0.486 e. The number of hydrogen-bond acceptors (Lipinski definition) is 7. The Morgan fingerprint density at radius 3 is 2.44 bits per heavy atom. The molecule has 162 valence electrons. The number of amides is 3. The number of rotatable bonds is 6. The highest BCUT2D eigenvalue weighted by molar-refractivity contribution is 6.04. The third-order valence-corrected chi connectivity index (χ3v) is 5.52. The number of likely N-dealkylation sites (tertiary alicyclic amines) is 2. The molecule has 9 nitrogen and oxygen atoms in total. The third kappa shape index (κ3) is 3.84. The summed E-state index contributed by atoms with van der Waals surface area (Å²) in [5, 5.41) is 4.06. The van der Waals surface area contributed by atoms with Crippen molar-refractivity contribution in [1.29, 1.82) is 0 Å². The summed E-state index contributed by atoms with van der Waals surface area (Å²) in [7, 11) is 0. The molecule has 2 aliphatic rings. The minimum Gasteiger partial charge on any atom is -0.486 e. The molecule has 0 atom stereocenters. The fourth-order valence-electron chi connectivity index (χ4n) is 3.71. The van der Waals surface area contributed by atoms with Gasteiger partial charge in [0.25, 0.3) is 5.89 Å². The second-order valence-electron chi connectivity index (χ2n) is 7.70. The van der Waals surface area contributed by atoms with Crippen LogP contribution in [0.4, 0.5) is 0 Å². The van der Waals surface area contributed by atoms with Crippen LogP contribution < -0.4 is 4.74 Å². The average Bonchev–Trinajstić information content (AvgIpc) is 3.39. The Bertz CT molecular complexity index is 1150. The minimum absolute atomic E-state index is 0.177. The van der Waals surface area contributed by atoms with Crippen molar-refractivity contribution in [2.45, 2.75) is 18.9 Å². The Balaban J connectivity index is 1.23. The van der Waals surface area contributed by atoms with Crippen LogP contribution in [-0.2, 0) is 14.4 Å². The first-order valence-electron chi connectivity index (χ1n) is 10.3. The van der Waals surface area contributed by atoms with Gasteiger partial charge in [-0.3, -0.25) is 19.3 Å². The van der Waals surface area contributed by atoms with Gasteiger partial charge in [0.1, 0.15) is 18.4 Å². The standard InChI is InChI=1S/C23H20N4O5/c28-19-10-11-20(29)27(19)14-21(30)26-12-16(13-26)31-18-9-5-4-8-17(18)23-24-22(25-32-23)15-6-2-1-3-7-15/h1-9,16H,10-14H2. The van der Waals surface area contributed by atoms with Crippen molar-refractivity contribution < 1.29 is 23.6 Å². The quantitative estimate of drug-likeness (QED) is 0.550. The number of aromatic nitrogens is 2. The number of imide groups is 1. The molecule has 9 heteroatoms. The fourth-order valence-corrected chi connectivity index (χ4v) is 3.71. The first kappa shape index (κ1) is 19.9. The maximum Gasteiger partial charge on any atom is 0.262 e. The Hall–Kier alpha value is -4.01. The zero-order valence-electron chi connectivity index (χ0n) is 17.1. The first-order chi connectivity index (χ1) is 15.6. The van der Waals surface area contributed by atoms with Crippen molar-refractivity contribution in [1.82, 2.24) is 19.9 Å². The molecule has 3 heterocycles. The molecular formula is C23H20N4O5. The Kier molecular flexibility index (Phi) is 5.14. The molecule has 32 heavy (non-hydrogen) atoms. The van der Waals surface area contributed by atoms with Gasteiger partial charge in [0.15, 0.2) is 0 Å². The summed E-state index contributed by atoms with van der Waals surface area (Å²) < 4.78 is 11.5. The lowest BCUT2D eigenvalue weighted by Gasteiger charge is -2.39. The zero-order valence-corrected chi connectivity index (χ0v) is 17.1. The second kappa shape index (κ2) is 8.26. The van der Waals surface area contributed by atoms with Gasteiger partial charge in [-0.25, -0.2) is 0 Å². The highest BCUT2D eigenvalue weighted by atomic mass is 16.5. The summed E-state index contributed by atoms with van der Waals surface area (Å²) in [6, 6.07) is 16.9. The van der Waals surface area contributed by atoms with Crippen LogP contribution in [0.25, 0.3) is 22.8 Å². The molecule has 3 amide bonds. The van der Waals surface area contributed by atoms with E-state index in [1.165, 1.54) is 0 Å². The van der Waals surface area contributed by atoms with Gasteiger partial charge in [-0.05, 0) is 12.1 Å². The maximum absolute atomic E-state index is 12.4. The molecule has 3 aromatic rings. The lowest BCUT2D eigenvalue weighted by Crippen LogP contribution is -2.58. The van der Waals surface area contributed by atoms with E-state index in [2.05, 4.69) is 10.1 Å². The van der Waals surface area contributed by atoms with Gasteiger partial charge < -0.3 is 14.2 Å². The summed E-state index contributed by atoms with van der Waals surface area (Å²) in [6.45, 7) is 0.552. The smallest absolute Gasteiger partial charge is 0.262 e. The summed E-state index contributed by atoms with van der Waals surface area (Å²) in [6.07, 6.45) is 0.147. The van der Waals surface area contributed by atoms with E-state index in [1.54, 1.807) is 4.90 Å². The monoisotopic (exact) mass is 432 g/mol. The molecule has 0 spiro atoms. The molecule has 0 saturated carbocycles. The van der Waals surface area contributed by atoms with Gasteiger partial charge in [0.05, 0.1) is 18.7 Å². The first-order valence-corrected chi connectivity index (χ1v) is 10.3. The van der Waals surface area contributed by atoms with Gasteiger partial charge in [-0.2, -0.15) is 4.98 Å². The van der Waals surface area contributed by atoms with Gasteiger partial charge >= 0.3 is 0 Å². The minimum atomic E-state index is -0.292. The maximum atomic E-state index is 12.4. The third-order valence-electron chi connectivity index (χ3n) is 5.52. The van der Waals surface area contributed by atoms with Gasteiger partial charge in [0, 0.05) is 18.4 Å². The second-order valence-corrected chi connectivity index (χ2v) is 7.70. The van der Waals surface area contributed by atoms with Crippen LogP contribution in [0.5, 0.6) is 5.75 Å². The molecule has 0 bridgehead atoms. The van der Waals surface area contributed by atoms with E-state index < -0.39 is 0 Å². The fraction of sp³-hybridized carbons (Fsp3) is 0.261. The van der Waals surface area contributed by atoms with Crippen molar-refractivity contribution in [3.05, 3.63) is 54.6 Å². The van der Waals surface area contributed by atoms with Crippen LogP contribution in [0, 0.1) is 0 Å². The molecule has 2 aliphatic heterocycles. The van der Waals surface area contributed by atoms with E-state index in [-0.39, 0.29) is 43.2 Å². The highest BCUT2D eigenvalue weighted by Crippen LogP contribution is 2.32. The number of hydrogen-bond donors (Lipinski definition) is 0. The molecule has 2 saturated heterocycles. The van der Waals surface area contributed by atoms with Crippen LogP contribution in [0.15, 0.2) is 59.1 Å². The Morgan fingerprint density at radius 1 is 1.00 bits per heavy atom. The van der Waals surface area contributed by atoms with Crippen molar-refractivity contribution in [2.24, 2.45) is 0 Å². The number of benzene rings is 2. The Morgan fingerprint density at radius 2 is 1.69 bits per heavy atom. The highest BCUT2D eigenvalue weighted by Gasteiger charge is 2.37. The predicted octanol–water partition coefficient (Wildman–Crippen LogP) is 2.14. The molecule has 0 unspecified atom stereocenters. The number of para-hydroxylation sites is 1. The summed E-state index contributed by atoms with van der Waals surface area (Å²) in [5.74, 6) is 0.573. The van der Waals surface area contributed by atoms with Gasteiger partial charge in [-0.1, -0.05) is 47.6 Å². The van der Waals surface area contributed by atoms with Crippen molar-refractivity contribution in [3.8, 4) is 28.6 Å². The topological polar surface area (TPSA) is 106 Å². The molecule has 0 radical (unpaired) electrons. The van der Waals surface area contributed by atoms with E-state index in [9.17, 15) is 14.4 Å².